The van der Waals surface area contributed by atoms with Gasteiger partial charge in [-0.3, -0.25) is 0 Å². The molecule has 5 rings (SSSR count). The highest BCUT2D eigenvalue weighted by atomic mass is 16.3. The van der Waals surface area contributed by atoms with E-state index < -0.39 is 0 Å². The molecule has 1 aromatic rings. The summed E-state index contributed by atoms with van der Waals surface area (Å²) in [5.74, 6) is 2.55. The smallest absolute Gasteiger partial charge is 0.122 e. The minimum atomic E-state index is 0.314. The second kappa shape index (κ2) is 4.55. The van der Waals surface area contributed by atoms with Crippen molar-refractivity contribution in [3.63, 3.8) is 0 Å². The molecular formula is C22H30O. The lowest BCUT2D eigenvalue weighted by Gasteiger charge is -2.35. The Bertz CT molecular complexity index is 655. The molecule has 4 fully saturated rings. The molecule has 4 bridgehead atoms. The van der Waals surface area contributed by atoms with Crippen LogP contribution < -0.4 is 0 Å². The van der Waals surface area contributed by atoms with Crippen molar-refractivity contribution >= 4 is 0 Å². The van der Waals surface area contributed by atoms with Crippen molar-refractivity contribution in [1.29, 1.82) is 0 Å². The van der Waals surface area contributed by atoms with Crippen LogP contribution in [-0.4, -0.2) is 5.11 Å². The fraction of sp³-hybridized carbons (Fsp3) is 0.727. The molecule has 1 nitrogen and oxygen atoms in total. The van der Waals surface area contributed by atoms with Crippen LogP contribution in [0.5, 0.6) is 5.75 Å². The maximum atomic E-state index is 11.2. The van der Waals surface area contributed by atoms with Crippen LogP contribution in [0.4, 0.5) is 0 Å². The Kier molecular flexibility index (Phi) is 2.84. The summed E-state index contributed by atoms with van der Waals surface area (Å²) in [4.78, 5) is 0. The number of benzene rings is 1. The predicted octanol–water partition coefficient (Wildman–Crippen LogP) is 5.67. The van der Waals surface area contributed by atoms with Crippen molar-refractivity contribution in [2.45, 2.75) is 88.9 Å². The average Bonchev–Trinajstić information content (AvgIpc) is 3.30. The lowest BCUT2D eigenvalue weighted by Crippen LogP contribution is -2.25. The molecule has 0 amide bonds. The van der Waals surface area contributed by atoms with Crippen LogP contribution in [-0.2, 0) is 10.8 Å². The van der Waals surface area contributed by atoms with E-state index in [1.807, 2.05) is 0 Å². The van der Waals surface area contributed by atoms with Gasteiger partial charge in [-0.15, -0.1) is 0 Å². The molecule has 1 aromatic carbocycles. The van der Waals surface area contributed by atoms with Crippen molar-refractivity contribution in [3.05, 3.63) is 28.3 Å². The summed E-state index contributed by atoms with van der Waals surface area (Å²) < 4.78 is 0. The zero-order valence-corrected chi connectivity index (χ0v) is 14.8. The first-order valence-electron chi connectivity index (χ1n) is 9.87. The highest BCUT2D eigenvalue weighted by Crippen LogP contribution is 2.61. The number of phenols is 1. The van der Waals surface area contributed by atoms with E-state index in [2.05, 4.69) is 19.9 Å². The van der Waals surface area contributed by atoms with Gasteiger partial charge in [0.15, 0.2) is 0 Å². The Balaban J connectivity index is 1.64. The van der Waals surface area contributed by atoms with Gasteiger partial charge in [-0.2, -0.15) is 0 Å². The van der Waals surface area contributed by atoms with Crippen LogP contribution in [0, 0.1) is 25.7 Å². The van der Waals surface area contributed by atoms with Crippen LogP contribution in [0.25, 0.3) is 0 Å². The summed E-state index contributed by atoms with van der Waals surface area (Å²) in [7, 11) is 0. The monoisotopic (exact) mass is 310 g/mol. The fourth-order valence-corrected chi connectivity index (χ4v) is 7.31. The molecular weight excluding hydrogens is 280 g/mol. The molecule has 23 heavy (non-hydrogen) atoms. The maximum Gasteiger partial charge on any atom is 0.122 e. The molecule has 0 aromatic heterocycles. The lowest BCUT2D eigenvalue weighted by molar-refractivity contribution is 0.380. The number of hydrogen-bond donors (Lipinski definition) is 1. The normalized spacial score (nSPS) is 41.1. The third-order valence-corrected chi connectivity index (χ3v) is 8.33. The Morgan fingerprint density at radius 3 is 1.87 bits per heavy atom. The molecule has 0 atom stereocenters. The van der Waals surface area contributed by atoms with Gasteiger partial charge >= 0.3 is 0 Å². The molecule has 0 aliphatic heterocycles. The summed E-state index contributed by atoms with van der Waals surface area (Å²) in [5, 5.41) is 11.2. The number of phenolic OH excluding ortho intramolecular Hbond substituents is 1. The van der Waals surface area contributed by atoms with Crippen LogP contribution >= 0.6 is 0 Å². The summed E-state index contributed by atoms with van der Waals surface area (Å²) in [6.07, 6.45) is 13.6. The van der Waals surface area contributed by atoms with Gasteiger partial charge in [0.2, 0.25) is 0 Å². The lowest BCUT2D eigenvalue weighted by atomic mass is 9.70. The van der Waals surface area contributed by atoms with E-state index in [0.717, 1.165) is 11.8 Å². The highest BCUT2D eigenvalue weighted by Gasteiger charge is 2.50. The molecule has 124 valence electrons. The van der Waals surface area contributed by atoms with Gasteiger partial charge in [0.25, 0.3) is 0 Å². The molecule has 0 radical (unpaired) electrons. The van der Waals surface area contributed by atoms with Crippen LogP contribution in [0.15, 0.2) is 6.07 Å². The number of hydrogen-bond acceptors (Lipinski definition) is 1. The Hall–Kier alpha value is -0.980. The maximum absolute atomic E-state index is 11.2. The summed E-state index contributed by atoms with van der Waals surface area (Å²) in [6.45, 7) is 4.53. The van der Waals surface area contributed by atoms with E-state index in [-0.39, 0.29) is 0 Å². The van der Waals surface area contributed by atoms with Crippen LogP contribution in [0.3, 0.4) is 0 Å². The van der Waals surface area contributed by atoms with Crippen molar-refractivity contribution in [2.24, 2.45) is 11.8 Å². The summed E-state index contributed by atoms with van der Waals surface area (Å²) in [5.41, 5.74) is 6.26. The minimum Gasteiger partial charge on any atom is -0.507 e. The molecule has 0 heterocycles. The van der Waals surface area contributed by atoms with Gasteiger partial charge in [0.1, 0.15) is 5.75 Å². The molecule has 0 saturated heterocycles. The van der Waals surface area contributed by atoms with Crippen molar-refractivity contribution in [3.8, 4) is 5.75 Å². The molecule has 0 unspecified atom stereocenters. The van der Waals surface area contributed by atoms with Crippen LogP contribution in [0.1, 0.15) is 86.5 Å². The second-order valence-electron chi connectivity index (χ2n) is 9.45. The molecule has 4 saturated carbocycles. The van der Waals surface area contributed by atoms with Gasteiger partial charge < -0.3 is 5.11 Å². The molecule has 4 aliphatic carbocycles. The molecule has 4 aliphatic rings. The van der Waals surface area contributed by atoms with E-state index in [0.29, 0.717) is 16.6 Å². The first-order chi connectivity index (χ1) is 11.0. The Labute approximate surface area is 140 Å². The fourth-order valence-electron chi connectivity index (χ4n) is 7.31. The molecule has 1 heteroatoms. The molecule has 1 N–H and O–H groups in total. The number of fused-ring (bicyclic) bond motifs is 4. The predicted molar refractivity (Wildman–Crippen MR) is 94.1 cm³/mol. The van der Waals surface area contributed by atoms with Gasteiger partial charge in [0, 0.05) is 5.56 Å². The third kappa shape index (κ3) is 1.80. The summed E-state index contributed by atoms with van der Waals surface area (Å²) >= 11 is 0. The zero-order chi connectivity index (χ0) is 15.8. The van der Waals surface area contributed by atoms with Crippen molar-refractivity contribution in [2.75, 3.05) is 0 Å². The van der Waals surface area contributed by atoms with E-state index in [9.17, 15) is 5.11 Å². The van der Waals surface area contributed by atoms with Crippen molar-refractivity contribution in [1.82, 2.24) is 0 Å². The Morgan fingerprint density at radius 1 is 0.870 bits per heavy atom. The van der Waals surface area contributed by atoms with Gasteiger partial charge in [-0.25, -0.2) is 0 Å². The quantitative estimate of drug-likeness (QED) is 0.746. The first kappa shape index (κ1) is 14.4. The topological polar surface area (TPSA) is 20.2 Å². The standard InChI is InChI=1S/C22H30O/c1-14-11-18(21-7-3-16(12-21)4-8-21)20(23)15(2)19(14)22-9-5-17(13-22)6-10-22/h11,16-17,23H,3-10,12-13H2,1-2H3. The minimum absolute atomic E-state index is 0.314. The van der Waals surface area contributed by atoms with Gasteiger partial charge in [-0.1, -0.05) is 6.07 Å². The van der Waals surface area contributed by atoms with E-state index in [1.165, 1.54) is 86.5 Å². The van der Waals surface area contributed by atoms with E-state index in [1.54, 1.807) is 0 Å². The zero-order valence-electron chi connectivity index (χ0n) is 14.8. The Morgan fingerprint density at radius 2 is 1.39 bits per heavy atom. The highest BCUT2D eigenvalue weighted by molar-refractivity contribution is 5.56. The van der Waals surface area contributed by atoms with E-state index in [4.69, 9.17) is 0 Å². The second-order valence-corrected chi connectivity index (χ2v) is 9.45. The largest absolute Gasteiger partial charge is 0.507 e. The van der Waals surface area contributed by atoms with Crippen LogP contribution in [0.2, 0.25) is 0 Å². The van der Waals surface area contributed by atoms with Gasteiger partial charge in [0.05, 0.1) is 0 Å². The van der Waals surface area contributed by atoms with E-state index >= 15 is 0 Å². The summed E-state index contributed by atoms with van der Waals surface area (Å²) in [6, 6.07) is 2.41. The SMILES string of the molecule is Cc1cc(C23CCC(CC2)C3)c(O)c(C)c1C12CCC(CC1)C2. The number of rotatable bonds is 2. The van der Waals surface area contributed by atoms with Gasteiger partial charge in [-0.05, 0) is 117 Å². The average molecular weight is 310 g/mol. The third-order valence-electron chi connectivity index (χ3n) is 8.33. The number of aryl methyl sites for hydroxylation is 1. The van der Waals surface area contributed by atoms with Crippen molar-refractivity contribution < 1.29 is 5.11 Å². The number of aromatic hydroxyl groups is 1. The molecule has 0 spiro atoms. The first-order valence-corrected chi connectivity index (χ1v) is 9.87.